The van der Waals surface area contributed by atoms with Gasteiger partial charge in [-0.2, -0.15) is 0 Å². The topological polar surface area (TPSA) is 49.8 Å². The van der Waals surface area contributed by atoms with Crippen LogP contribution in [0.4, 0.5) is 4.79 Å². The highest BCUT2D eigenvalue weighted by Gasteiger charge is 2.31. The van der Waals surface area contributed by atoms with Crippen molar-refractivity contribution in [2.45, 2.75) is 64.6 Å². The van der Waals surface area contributed by atoms with Crippen LogP contribution in [0, 0.1) is 5.92 Å². The molecule has 1 N–H and O–H groups in total. The maximum atomic E-state index is 12.5. The summed E-state index contributed by atoms with van der Waals surface area (Å²) >= 11 is 0. The van der Waals surface area contributed by atoms with E-state index in [0.29, 0.717) is 12.5 Å². The molecular weight excluding hydrogens is 290 g/mol. The molecule has 1 aliphatic rings. The summed E-state index contributed by atoms with van der Waals surface area (Å²) < 4.78 is 5.53. The van der Waals surface area contributed by atoms with Crippen LogP contribution in [0.1, 0.15) is 51.5 Å². The average Bonchev–Trinajstić information content (AvgIpc) is 2.56. The molecule has 0 saturated heterocycles. The second-order valence-electron chi connectivity index (χ2n) is 6.73. The third kappa shape index (κ3) is 5.24. The Hall–Kier alpha value is -1.55. The third-order valence-corrected chi connectivity index (χ3v) is 4.72. The van der Waals surface area contributed by atoms with Crippen LogP contribution in [0.3, 0.4) is 0 Å². The minimum Gasteiger partial charge on any atom is -0.445 e. The number of aliphatic hydroxyl groups excluding tert-OH is 1. The SMILES string of the molecule is CC(C)N(C(=O)OCc1ccccc1)[C@H]1CC[C@H](CCO)CC1. The maximum absolute atomic E-state index is 12.5. The lowest BCUT2D eigenvalue weighted by Crippen LogP contribution is -2.46. The Labute approximate surface area is 139 Å². The number of carbonyl (C=O) groups is 1. The molecule has 2 rings (SSSR count). The molecule has 0 atom stereocenters. The number of hydrogen-bond donors (Lipinski definition) is 1. The molecule has 0 aromatic heterocycles. The lowest BCUT2D eigenvalue weighted by atomic mass is 9.83. The fourth-order valence-corrected chi connectivity index (χ4v) is 3.47. The van der Waals surface area contributed by atoms with Gasteiger partial charge in [-0.25, -0.2) is 4.79 Å². The Morgan fingerprint density at radius 1 is 1.22 bits per heavy atom. The zero-order valence-corrected chi connectivity index (χ0v) is 14.3. The predicted octanol–water partition coefficient (Wildman–Crippen LogP) is 3.97. The van der Waals surface area contributed by atoms with Gasteiger partial charge in [-0.3, -0.25) is 0 Å². The lowest BCUT2D eigenvalue weighted by Gasteiger charge is -2.38. The molecule has 1 aromatic rings. The first-order valence-electron chi connectivity index (χ1n) is 8.71. The Morgan fingerprint density at radius 3 is 2.43 bits per heavy atom. The van der Waals surface area contributed by atoms with Gasteiger partial charge in [0.25, 0.3) is 0 Å². The zero-order valence-electron chi connectivity index (χ0n) is 14.3. The summed E-state index contributed by atoms with van der Waals surface area (Å²) in [5.41, 5.74) is 1.01. The smallest absolute Gasteiger partial charge is 0.410 e. The van der Waals surface area contributed by atoms with E-state index in [2.05, 4.69) is 0 Å². The van der Waals surface area contributed by atoms with E-state index in [4.69, 9.17) is 9.84 Å². The molecule has 0 aliphatic heterocycles. The van der Waals surface area contributed by atoms with Gasteiger partial charge in [0.2, 0.25) is 0 Å². The van der Waals surface area contributed by atoms with E-state index in [9.17, 15) is 4.79 Å². The maximum Gasteiger partial charge on any atom is 0.410 e. The first-order valence-corrected chi connectivity index (χ1v) is 8.71. The third-order valence-electron chi connectivity index (χ3n) is 4.72. The van der Waals surface area contributed by atoms with Crippen molar-refractivity contribution in [1.82, 2.24) is 4.90 Å². The van der Waals surface area contributed by atoms with E-state index >= 15 is 0 Å². The normalized spacial score (nSPS) is 21.2. The fraction of sp³-hybridized carbons (Fsp3) is 0.632. The largest absolute Gasteiger partial charge is 0.445 e. The van der Waals surface area contributed by atoms with Crippen molar-refractivity contribution < 1.29 is 14.6 Å². The Balaban J connectivity index is 1.89. The second-order valence-corrected chi connectivity index (χ2v) is 6.73. The van der Waals surface area contributed by atoms with Crippen LogP contribution in [-0.4, -0.2) is 34.8 Å². The van der Waals surface area contributed by atoms with Gasteiger partial charge in [0.05, 0.1) is 0 Å². The summed E-state index contributed by atoms with van der Waals surface area (Å²) in [6.45, 7) is 4.68. The van der Waals surface area contributed by atoms with Gasteiger partial charge in [0, 0.05) is 18.7 Å². The molecule has 4 nitrogen and oxygen atoms in total. The summed E-state index contributed by atoms with van der Waals surface area (Å²) in [7, 11) is 0. The molecule has 1 amide bonds. The number of carbonyl (C=O) groups excluding carboxylic acids is 1. The molecule has 1 aromatic carbocycles. The first-order chi connectivity index (χ1) is 11.1. The predicted molar refractivity (Wildman–Crippen MR) is 91.1 cm³/mol. The lowest BCUT2D eigenvalue weighted by molar-refractivity contribution is 0.0518. The van der Waals surface area contributed by atoms with Crippen molar-refractivity contribution >= 4 is 6.09 Å². The van der Waals surface area contributed by atoms with Crippen molar-refractivity contribution in [1.29, 1.82) is 0 Å². The first kappa shape index (κ1) is 17.8. The standard InChI is InChI=1S/C19H29NO3/c1-15(2)20(18-10-8-16(9-11-18)12-13-21)19(22)23-14-17-6-4-3-5-7-17/h3-7,15-16,18,21H,8-14H2,1-2H3/t16-,18-. The van der Waals surface area contributed by atoms with E-state index in [1.807, 2.05) is 49.1 Å². The zero-order chi connectivity index (χ0) is 16.7. The van der Waals surface area contributed by atoms with Crippen molar-refractivity contribution in [2.75, 3.05) is 6.61 Å². The van der Waals surface area contributed by atoms with Gasteiger partial charge >= 0.3 is 6.09 Å². The molecule has 1 fully saturated rings. The van der Waals surface area contributed by atoms with Crippen LogP contribution in [0.2, 0.25) is 0 Å². The van der Waals surface area contributed by atoms with Crippen LogP contribution in [0.5, 0.6) is 0 Å². The summed E-state index contributed by atoms with van der Waals surface area (Å²) in [6.07, 6.45) is 4.84. The average molecular weight is 319 g/mol. The molecule has 23 heavy (non-hydrogen) atoms. The Bertz CT molecular complexity index is 467. The highest BCUT2D eigenvalue weighted by molar-refractivity contribution is 5.68. The molecule has 0 unspecified atom stereocenters. The van der Waals surface area contributed by atoms with Gasteiger partial charge in [0.1, 0.15) is 6.61 Å². The molecule has 1 saturated carbocycles. The number of nitrogens with zero attached hydrogens (tertiary/aromatic N) is 1. The molecule has 4 heteroatoms. The van der Waals surface area contributed by atoms with Crippen LogP contribution in [0.25, 0.3) is 0 Å². The molecule has 1 aliphatic carbocycles. The Morgan fingerprint density at radius 2 is 1.87 bits per heavy atom. The van der Waals surface area contributed by atoms with Crippen LogP contribution in [0.15, 0.2) is 30.3 Å². The summed E-state index contributed by atoms with van der Waals surface area (Å²) in [5, 5.41) is 9.06. The number of amides is 1. The molecule has 128 valence electrons. The minimum absolute atomic E-state index is 0.137. The van der Waals surface area contributed by atoms with Gasteiger partial charge in [-0.05, 0) is 57.4 Å². The van der Waals surface area contributed by atoms with Gasteiger partial charge in [-0.1, -0.05) is 30.3 Å². The van der Waals surface area contributed by atoms with Crippen molar-refractivity contribution in [3.63, 3.8) is 0 Å². The molecule has 0 bridgehead atoms. The van der Waals surface area contributed by atoms with E-state index < -0.39 is 0 Å². The number of rotatable bonds is 6. The quantitative estimate of drug-likeness (QED) is 0.863. The number of benzene rings is 1. The van der Waals surface area contributed by atoms with Crippen molar-refractivity contribution in [2.24, 2.45) is 5.92 Å². The number of aliphatic hydroxyl groups is 1. The molecular formula is C19H29NO3. The second kappa shape index (κ2) is 8.92. The summed E-state index contributed by atoms with van der Waals surface area (Å²) in [4.78, 5) is 14.4. The van der Waals surface area contributed by atoms with Crippen molar-refractivity contribution in [3.8, 4) is 0 Å². The van der Waals surface area contributed by atoms with E-state index in [1.165, 1.54) is 0 Å². The minimum atomic E-state index is -0.213. The van der Waals surface area contributed by atoms with Gasteiger partial charge in [-0.15, -0.1) is 0 Å². The van der Waals surface area contributed by atoms with Crippen molar-refractivity contribution in [3.05, 3.63) is 35.9 Å². The monoisotopic (exact) mass is 319 g/mol. The van der Waals surface area contributed by atoms with Gasteiger partial charge in [0.15, 0.2) is 0 Å². The highest BCUT2D eigenvalue weighted by atomic mass is 16.6. The van der Waals surface area contributed by atoms with E-state index in [0.717, 1.165) is 37.7 Å². The summed E-state index contributed by atoms with van der Waals surface area (Å²) in [5.74, 6) is 0.602. The number of ether oxygens (including phenoxy) is 1. The molecule has 0 radical (unpaired) electrons. The van der Waals surface area contributed by atoms with E-state index in [1.54, 1.807) is 0 Å². The fourth-order valence-electron chi connectivity index (χ4n) is 3.47. The molecule has 0 heterocycles. The summed E-state index contributed by atoms with van der Waals surface area (Å²) in [6, 6.07) is 10.2. The van der Waals surface area contributed by atoms with E-state index in [-0.39, 0.29) is 24.8 Å². The highest BCUT2D eigenvalue weighted by Crippen LogP contribution is 2.30. The number of hydrogen-bond acceptors (Lipinski definition) is 3. The Kier molecular flexibility index (Phi) is 6.90. The van der Waals surface area contributed by atoms with Gasteiger partial charge < -0.3 is 14.7 Å². The van der Waals surface area contributed by atoms with Crippen LogP contribution < -0.4 is 0 Å². The van der Waals surface area contributed by atoms with Crippen LogP contribution >= 0.6 is 0 Å². The molecule has 0 spiro atoms. The van der Waals surface area contributed by atoms with Crippen LogP contribution in [-0.2, 0) is 11.3 Å².